The number of nitrogens with two attached hydrogens (primary N) is 1. The van der Waals surface area contributed by atoms with Crippen LogP contribution < -0.4 is 11.3 Å². The van der Waals surface area contributed by atoms with E-state index >= 15 is 0 Å². The van der Waals surface area contributed by atoms with E-state index in [2.05, 4.69) is 10.8 Å². The van der Waals surface area contributed by atoms with Gasteiger partial charge in [-0.3, -0.25) is 11.3 Å². The zero-order chi connectivity index (χ0) is 14.2. The van der Waals surface area contributed by atoms with Crippen LogP contribution in [0.2, 0.25) is 5.02 Å². The fraction of sp³-hybridized carbons (Fsp3) is 0.714. The maximum Gasteiger partial charge on any atom is 0.0940 e. The minimum Gasteiger partial charge on any atom is -0.378 e. The molecule has 0 saturated carbocycles. The van der Waals surface area contributed by atoms with Crippen LogP contribution >= 0.6 is 22.9 Å². The smallest absolute Gasteiger partial charge is 0.0940 e. The van der Waals surface area contributed by atoms with Crippen LogP contribution in [0.4, 0.5) is 0 Å². The second kappa shape index (κ2) is 5.91. The first-order valence-electron chi connectivity index (χ1n) is 7.06. The molecule has 3 unspecified atom stereocenters. The molecule has 1 spiro atoms. The predicted molar refractivity (Wildman–Crippen MR) is 81.0 cm³/mol. The minimum absolute atomic E-state index is 0.0996. The number of nitrogens with one attached hydrogen (secondary N) is 1. The van der Waals surface area contributed by atoms with Gasteiger partial charge in [0.15, 0.2) is 0 Å². The molecule has 2 aliphatic heterocycles. The molecular formula is C14H21ClN2O2S. The largest absolute Gasteiger partial charge is 0.378 e. The SMILES string of the molecule is Cc1csc(C(NN)C2CCOC3(CCOC3)C2)c1Cl. The fourth-order valence-electron chi connectivity index (χ4n) is 3.30. The van der Waals surface area contributed by atoms with Crippen molar-refractivity contribution in [1.82, 2.24) is 5.43 Å². The van der Waals surface area contributed by atoms with Gasteiger partial charge in [0.2, 0.25) is 0 Å². The standard InChI is InChI=1S/C14H21ClN2O2S/c1-9-7-20-13(11(9)15)12(17-16)10-2-4-19-14(6-10)3-5-18-8-14/h7,10,12,17H,2-6,8,16H2,1H3. The lowest BCUT2D eigenvalue weighted by Crippen LogP contribution is -2.45. The van der Waals surface area contributed by atoms with E-state index in [9.17, 15) is 0 Å². The van der Waals surface area contributed by atoms with E-state index in [4.69, 9.17) is 26.9 Å². The molecule has 0 aromatic carbocycles. The summed E-state index contributed by atoms with van der Waals surface area (Å²) >= 11 is 8.10. The van der Waals surface area contributed by atoms with Gasteiger partial charge in [0.05, 0.1) is 23.3 Å². The summed E-state index contributed by atoms with van der Waals surface area (Å²) in [6.45, 7) is 4.31. The van der Waals surface area contributed by atoms with Crippen molar-refractivity contribution >= 4 is 22.9 Å². The van der Waals surface area contributed by atoms with E-state index < -0.39 is 0 Å². The molecule has 6 heteroatoms. The van der Waals surface area contributed by atoms with Gasteiger partial charge < -0.3 is 9.47 Å². The Morgan fingerprint density at radius 2 is 2.40 bits per heavy atom. The van der Waals surface area contributed by atoms with Gasteiger partial charge >= 0.3 is 0 Å². The molecule has 1 aromatic rings. The van der Waals surface area contributed by atoms with Crippen molar-refractivity contribution in [2.75, 3.05) is 19.8 Å². The van der Waals surface area contributed by atoms with E-state index in [1.807, 2.05) is 6.92 Å². The summed E-state index contributed by atoms with van der Waals surface area (Å²) in [7, 11) is 0. The third kappa shape index (κ3) is 2.63. The van der Waals surface area contributed by atoms with Gasteiger partial charge in [0.1, 0.15) is 0 Å². The highest BCUT2D eigenvalue weighted by Gasteiger charge is 2.43. The molecule has 0 aliphatic carbocycles. The molecule has 2 fully saturated rings. The molecule has 1 aromatic heterocycles. The highest BCUT2D eigenvalue weighted by Crippen LogP contribution is 2.44. The van der Waals surface area contributed by atoms with Crippen molar-refractivity contribution in [3.63, 3.8) is 0 Å². The van der Waals surface area contributed by atoms with Crippen molar-refractivity contribution in [3.05, 3.63) is 20.8 Å². The van der Waals surface area contributed by atoms with Crippen molar-refractivity contribution < 1.29 is 9.47 Å². The van der Waals surface area contributed by atoms with Crippen LogP contribution in [-0.2, 0) is 9.47 Å². The van der Waals surface area contributed by atoms with Crippen molar-refractivity contribution in [1.29, 1.82) is 0 Å². The van der Waals surface area contributed by atoms with Crippen LogP contribution in [0, 0.1) is 12.8 Å². The number of aryl methyl sites for hydroxylation is 1. The van der Waals surface area contributed by atoms with Crippen LogP contribution in [0.15, 0.2) is 5.38 Å². The van der Waals surface area contributed by atoms with Gasteiger partial charge in [0, 0.05) is 24.5 Å². The molecule has 3 heterocycles. The maximum atomic E-state index is 6.41. The number of hydrogen-bond acceptors (Lipinski definition) is 5. The summed E-state index contributed by atoms with van der Waals surface area (Å²) in [4.78, 5) is 1.15. The molecule has 3 rings (SSSR count). The van der Waals surface area contributed by atoms with E-state index in [1.54, 1.807) is 11.3 Å². The average molecular weight is 317 g/mol. The minimum atomic E-state index is -0.100. The summed E-state index contributed by atoms with van der Waals surface area (Å²) in [6, 6.07) is 0.0996. The molecule has 0 radical (unpaired) electrons. The predicted octanol–water partition coefficient (Wildman–Crippen LogP) is 2.80. The number of halogens is 1. The molecule has 0 bridgehead atoms. The van der Waals surface area contributed by atoms with Gasteiger partial charge in [-0.15, -0.1) is 11.3 Å². The van der Waals surface area contributed by atoms with Gasteiger partial charge in [-0.1, -0.05) is 11.6 Å². The Labute approximate surface area is 128 Å². The third-order valence-corrected chi connectivity index (χ3v) is 6.25. The van der Waals surface area contributed by atoms with E-state index in [1.165, 1.54) is 0 Å². The monoisotopic (exact) mass is 316 g/mol. The number of hydrogen-bond donors (Lipinski definition) is 2. The van der Waals surface area contributed by atoms with Gasteiger partial charge in [0.25, 0.3) is 0 Å². The summed E-state index contributed by atoms with van der Waals surface area (Å²) in [5, 5.41) is 2.94. The zero-order valence-electron chi connectivity index (χ0n) is 11.7. The first-order valence-corrected chi connectivity index (χ1v) is 8.32. The van der Waals surface area contributed by atoms with Crippen LogP contribution in [0.3, 0.4) is 0 Å². The summed E-state index contributed by atoms with van der Waals surface area (Å²) in [6.07, 6.45) is 2.97. The fourth-order valence-corrected chi connectivity index (χ4v) is 4.76. The molecule has 4 nitrogen and oxygen atoms in total. The van der Waals surface area contributed by atoms with E-state index in [-0.39, 0.29) is 11.6 Å². The first kappa shape index (κ1) is 14.8. The highest BCUT2D eigenvalue weighted by atomic mass is 35.5. The zero-order valence-corrected chi connectivity index (χ0v) is 13.2. The summed E-state index contributed by atoms with van der Waals surface area (Å²) in [5.74, 6) is 6.26. The molecular weight excluding hydrogens is 296 g/mol. The molecule has 2 aliphatic rings. The second-order valence-corrected chi connectivity index (χ2v) is 7.12. The highest BCUT2D eigenvalue weighted by molar-refractivity contribution is 7.10. The van der Waals surface area contributed by atoms with Crippen LogP contribution in [-0.4, -0.2) is 25.4 Å². The molecule has 20 heavy (non-hydrogen) atoms. The van der Waals surface area contributed by atoms with Gasteiger partial charge in [-0.05, 0) is 36.6 Å². The van der Waals surface area contributed by atoms with Crippen molar-refractivity contribution in [2.45, 2.75) is 37.8 Å². The van der Waals surface area contributed by atoms with Crippen LogP contribution in [0.5, 0.6) is 0 Å². The van der Waals surface area contributed by atoms with Gasteiger partial charge in [-0.25, -0.2) is 0 Å². The Kier molecular flexibility index (Phi) is 4.36. The van der Waals surface area contributed by atoms with E-state index in [0.717, 1.165) is 47.9 Å². The van der Waals surface area contributed by atoms with Crippen molar-refractivity contribution in [2.24, 2.45) is 11.8 Å². The maximum absolute atomic E-state index is 6.41. The number of hydrazine groups is 1. The Balaban J connectivity index is 1.80. The topological polar surface area (TPSA) is 56.5 Å². The Morgan fingerprint density at radius 1 is 1.55 bits per heavy atom. The summed E-state index contributed by atoms with van der Waals surface area (Å²) in [5.41, 5.74) is 4.00. The quantitative estimate of drug-likeness (QED) is 0.665. The normalized spacial score (nSPS) is 31.9. The van der Waals surface area contributed by atoms with Gasteiger partial charge in [-0.2, -0.15) is 0 Å². The van der Waals surface area contributed by atoms with Crippen molar-refractivity contribution in [3.8, 4) is 0 Å². The Hall–Kier alpha value is -0.170. The summed E-state index contributed by atoms with van der Waals surface area (Å²) < 4.78 is 11.5. The lowest BCUT2D eigenvalue weighted by Gasteiger charge is -2.40. The lowest BCUT2D eigenvalue weighted by molar-refractivity contribution is -0.103. The van der Waals surface area contributed by atoms with Crippen LogP contribution in [0.1, 0.15) is 35.7 Å². The Bertz CT molecular complexity index is 474. The molecule has 112 valence electrons. The third-order valence-electron chi connectivity index (χ3n) is 4.46. The lowest BCUT2D eigenvalue weighted by atomic mass is 9.81. The molecule has 2 saturated heterocycles. The number of rotatable bonds is 3. The van der Waals surface area contributed by atoms with Crippen LogP contribution in [0.25, 0.3) is 0 Å². The molecule has 0 amide bonds. The number of thiophene rings is 1. The van der Waals surface area contributed by atoms with E-state index in [0.29, 0.717) is 12.5 Å². The average Bonchev–Trinajstić information content (AvgIpc) is 3.02. The number of ether oxygens (including phenoxy) is 2. The second-order valence-electron chi connectivity index (χ2n) is 5.83. The molecule has 3 atom stereocenters. The first-order chi connectivity index (χ1) is 9.65. The molecule has 3 N–H and O–H groups in total. The Morgan fingerprint density at radius 3 is 3.00 bits per heavy atom.